The van der Waals surface area contributed by atoms with Crippen LogP contribution < -0.4 is 0 Å². The maximum Gasteiger partial charge on any atom is 0.305 e. The molecule has 0 bridgehead atoms. The van der Waals surface area contributed by atoms with Crippen LogP contribution in [0.2, 0.25) is 36.3 Å². The molecule has 0 rings (SSSR count). The number of aliphatic carboxylic acids is 1. The van der Waals surface area contributed by atoms with Crippen LogP contribution in [0.1, 0.15) is 82.6 Å². The Balaban J connectivity index is 6.32. The second-order valence-electron chi connectivity index (χ2n) is 13.6. The number of carboxylic acid groups (broad SMARTS) is 1. The Morgan fingerprint density at radius 1 is 0.853 bits per heavy atom. The average Bonchev–Trinajstić information content (AvgIpc) is 2.62. The van der Waals surface area contributed by atoms with E-state index in [1.807, 2.05) is 33.8 Å². The molecule has 1 N–H and O–H groups in total. The van der Waals surface area contributed by atoms with Gasteiger partial charge in [0, 0.05) is 11.3 Å². The summed E-state index contributed by atoms with van der Waals surface area (Å²) in [6.45, 7) is 31.3. The van der Waals surface area contributed by atoms with Crippen molar-refractivity contribution in [2.75, 3.05) is 0 Å². The number of hydrogen-bond donors (Lipinski definition) is 1. The lowest BCUT2D eigenvalue weighted by atomic mass is 9.73. The number of ketones is 1. The van der Waals surface area contributed by atoms with Gasteiger partial charge in [-0.25, -0.2) is 0 Å². The summed E-state index contributed by atoms with van der Waals surface area (Å²) in [5.41, 5.74) is -0.974. The third kappa shape index (κ3) is 8.42. The summed E-state index contributed by atoms with van der Waals surface area (Å²) in [6.07, 6.45) is 2.91. The maximum absolute atomic E-state index is 14.1. The molecular formula is C27H54O5Si2. The Morgan fingerprint density at radius 2 is 1.26 bits per heavy atom. The summed E-state index contributed by atoms with van der Waals surface area (Å²) in [6, 6.07) is 0. The van der Waals surface area contributed by atoms with Gasteiger partial charge in [-0.1, -0.05) is 81.4 Å². The maximum atomic E-state index is 14.1. The molecule has 4 atom stereocenters. The summed E-state index contributed by atoms with van der Waals surface area (Å²) in [7, 11) is -4.45. The lowest BCUT2D eigenvalue weighted by Gasteiger charge is -2.46. The van der Waals surface area contributed by atoms with Gasteiger partial charge in [0.25, 0.3) is 0 Å². The summed E-state index contributed by atoms with van der Waals surface area (Å²) in [5, 5.41) is 9.59. The quantitative estimate of drug-likeness (QED) is 0.213. The highest BCUT2D eigenvalue weighted by Crippen LogP contribution is 2.43. The molecule has 0 aromatic heterocycles. The van der Waals surface area contributed by atoms with Gasteiger partial charge in [0.15, 0.2) is 16.6 Å². The summed E-state index contributed by atoms with van der Waals surface area (Å²) < 4.78 is 13.4. The third-order valence-corrected chi connectivity index (χ3v) is 17.2. The van der Waals surface area contributed by atoms with Crippen molar-refractivity contribution in [1.29, 1.82) is 0 Å². The topological polar surface area (TPSA) is 72.8 Å². The number of carbonyl (C=O) groups excluding carboxylic acids is 1. The van der Waals surface area contributed by atoms with Crippen LogP contribution in [-0.4, -0.2) is 45.7 Å². The van der Waals surface area contributed by atoms with Gasteiger partial charge >= 0.3 is 5.97 Å². The predicted molar refractivity (Wildman–Crippen MR) is 148 cm³/mol. The molecular weight excluding hydrogens is 460 g/mol. The van der Waals surface area contributed by atoms with E-state index in [1.165, 1.54) is 0 Å². The Bertz CT molecular complexity index is 726. The zero-order valence-electron chi connectivity index (χ0n) is 24.8. The van der Waals surface area contributed by atoms with E-state index in [1.54, 1.807) is 0 Å². The van der Waals surface area contributed by atoms with Crippen LogP contribution in [0.25, 0.3) is 0 Å². The Hall–Kier alpha value is -0.766. The van der Waals surface area contributed by atoms with E-state index < -0.39 is 40.0 Å². The molecule has 0 aliphatic carbocycles. The molecule has 0 unspecified atom stereocenters. The van der Waals surface area contributed by atoms with Gasteiger partial charge in [-0.05, 0) is 49.1 Å². The van der Waals surface area contributed by atoms with Gasteiger partial charge in [-0.2, -0.15) is 0 Å². The molecule has 0 radical (unpaired) electrons. The van der Waals surface area contributed by atoms with Crippen molar-refractivity contribution in [1.82, 2.24) is 0 Å². The first-order valence-electron chi connectivity index (χ1n) is 12.7. The highest BCUT2D eigenvalue weighted by Gasteiger charge is 2.49. The van der Waals surface area contributed by atoms with Crippen molar-refractivity contribution in [3.05, 3.63) is 12.2 Å². The van der Waals surface area contributed by atoms with Crippen LogP contribution in [0.4, 0.5) is 0 Å². The van der Waals surface area contributed by atoms with Crippen molar-refractivity contribution in [3.63, 3.8) is 0 Å². The molecule has 5 nitrogen and oxygen atoms in total. The first-order valence-corrected chi connectivity index (χ1v) is 18.5. The summed E-state index contributed by atoms with van der Waals surface area (Å²) in [5.74, 6) is -1.31. The Kier molecular flexibility index (Phi) is 11.3. The second kappa shape index (κ2) is 11.5. The van der Waals surface area contributed by atoms with E-state index in [-0.39, 0.29) is 34.3 Å². The molecule has 0 saturated carbocycles. The van der Waals surface area contributed by atoms with Crippen LogP contribution in [0.5, 0.6) is 0 Å². The number of hydrogen-bond acceptors (Lipinski definition) is 4. The first-order chi connectivity index (χ1) is 14.9. The number of allylic oxidation sites excluding steroid dienone is 1. The lowest BCUT2D eigenvalue weighted by Crippen LogP contribution is -2.54. The average molecular weight is 515 g/mol. The molecule has 0 aromatic rings. The standard InChI is InChI=1S/C27H54O5Si2/c1-16-17-19(2)23(32-34(14,15)26(7,8)9)20(3)24(30)27(10,11)21(18-22(28)29)31-33(12,13)25(4,5)6/h16-17,19-21,23H,18H2,1-15H3,(H,28,29)/b17-16+/t19-,20+,21-,23-/m0/s1. The Morgan fingerprint density at radius 3 is 1.62 bits per heavy atom. The van der Waals surface area contributed by atoms with Crippen LogP contribution in [-0.2, 0) is 18.4 Å². The van der Waals surface area contributed by atoms with Crippen LogP contribution >= 0.6 is 0 Å². The van der Waals surface area contributed by atoms with E-state index in [9.17, 15) is 14.7 Å². The molecule has 0 spiro atoms. The van der Waals surface area contributed by atoms with Gasteiger partial charge in [-0.3, -0.25) is 9.59 Å². The molecule has 200 valence electrons. The van der Waals surface area contributed by atoms with Crippen molar-refractivity contribution >= 4 is 28.4 Å². The van der Waals surface area contributed by atoms with Crippen molar-refractivity contribution in [2.45, 2.75) is 131 Å². The zero-order valence-corrected chi connectivity index (χ0v) is 26.8. The fraction of sp³-hybridized carbons (Fsp3) is 0.852. The zero-order chi connectivity index (χ0) is 27.5. The molecule has 0 heterocycles. The van der Waals surface area contributed by atoms with Gasteiger partial charge in [0.1, 0.15) is 5.78 Å². The smallest absolute Gasteiger partial charge is 0.305 e. The highest BCUT2D eigenvalue weighted by molar-refractivity contribution is 6.74. The van der Waals surface area contributed by atoms with Gasteiger partial charge in [0.05, 0.1) is 18.6 Å². The summed E-state index contributed by atoms with van der Waals surface area (Å²) >= 11 is 0. The SMILES string of the molecule is C/C=C/[C@H](C)[C@H](O[Si](C)(C)C(C)(C)C)[C@@H](C)C(=O)C(C)(C)[C@H](CC(=O)O)O[Si](C)(C)C(C)(C)C. The fourth-order valence-electron chi connectivity index (χ4n) is 3.62. The van der Waals surface area contributed by atoms with Crippen LogP contribution in [0.15, 0.2) is 12.2 Å². The normalized spacial score (nSPS) is 18.0. The Labute approximate surface area is 212 Å². The van der Waals surface area contributed by atoms with E-state index >= 15 is 0 Å². The first kappa shape index (κ1) is 33.2. The summed E-state index contributed by atoms with van der Waals surface area (Å²) in [4.78, 5) is 25.9. The molecule has 0 fully saturated rings. The second-order valence-corrected chi connectivity index (χ2v) is 23.1. The number of carbonyl (C=O) groups is 2. The molecule has 0 aliphatic rings. The fourth-order valence-corrected chi connectivity index (χ4v) is 6.52. The van der Waals surface area contributed by atoms with E-state index in [4.69, 9.17) is 8.85 Å². The van der Waals surface area contributed by atoms with Gasteiger partial charge in [-0.15, -0.1) is 0 Å². The van der Waals surface area contributed by atoms with Crippen LogP contribution in [0, 0.1) is 17.3 Å². The van der Waals surface area contributed by atoms with Crippen molar-refractivity contribution in [2.24, 2.45) is 17.3 Å². The van der Waals surface area contributed by atoms with Gasteiger partial charge < -0.3 is 14.0 Å². The number of Topliss-reactive ketones (excluding diaryl/α,β-unsaturated/α-hetero) is 1. The van der Waals surface area contributed by atoms with Crippen molar-refractivity contribution < 1.29 is 23.5 Å². The monoisotopic (exact) mass is 514 g/mol. The van der Waals surface area contributed by atoms with E-state index in [0.717, 1.165) is 0 Å². The van der Waals surface area contributed by atoms with Gasteiger partial charge in [0.2, 0.25) is 0 Å². The molecule has 34 heavy (non-hydrogen) atoms. The highest BCUT2D eigenvalue weighted by atomic mass is 28.4. The predicted octanol–water partition coefficient (Wildman–Crippen LogP) is 7.69. The molecule has 0 aromatic carbocycles. The minimum Gasteiger partial charge on any atom is -0.481 e. The molecule has 0 aliphatic heterocycles. The van der Waals surface area contributed by atoms with Crippen molar-refractivity contribution in [3.8, 4) is 0 Å². The largest absolute Gasteiger partial charge is 0.481 e. The van der Waals surface area contributed by atoms with Crippen LogP contribution in [0.3, 0.4) is 0 Å². The third-order valence-electron chi connectivity index (χ3n) is 8.20. The lowest BCUT2D eigenvalue weighted by molar-refractivity contribution is -0.146. The number of rotatable bonds is 12. The molecule has 0 amide bonds. The minimum absolute atomic E-state index is 0.00229. The van der Waals surface area contributed by atoms with E-state index in [2.05, 4.69) is 80.7 Å². The number of carboxylic acids is 1. The molecule has 0 saturated heterocycles. The minimum atomic E-state index is -2.30. The molecule has 7 heteroatoms. The van der Waals surface area contributed by atoms with E-state index in [0.29, 0.717) is 0 Å².